The molecule has 0 spiro atoms. The average Bonchev–Trinajstić information content (AvgIpc) is 2.40. The van der Waals surface area contributed by atoms with Crippen LogP contribution in [-0.2, 0) is 0 Å². The Morgan fingerprint density at radius 3 is 2.58 bits per heavy atom. The van der Waals surface area contributed by atoms with E-state index in [1.807, 2.05) is 12.1 Å². The lowest BCUT2D eigenvalue weighted by atomic mass is 10.1. The van der Waals surface area contributed by atoms with Gasteiger partial charge in [-0.3, -0.25) is 0 Å². The quantitative estimate of drug-likeness (QED) is 0.886. The lowest BCUT2D eigenvalue weighted by molar-refractivity contribution is 0.594. The van der Waals surface area contributed by atoms with E-state index in [4.69, 9.17) is 28.9 Å². The fourth-order valence-corrected chi connectivity index (χ4v) is 2.20. The molecule has 0 fully saturated rings. The molecule has 3 N–H and O–H groups in total. The normalized spacial score (nSPS) is 12.2. The van der Waals surface area contributed by atoms with Crippen molar-refractivity contribution < 1.29 is 4.39 Å². The van der Waals surface area contributed by atoms with Gasteiger partial charge in [-0.2, -0.15) is 0 Å². The van der Waals surface area contributed by atoms with E-state index in [-0.39, 0.29) is 17.6 Å². The first-order valence-electron chi connectivity index (χ1n) is 5.78. The molecular formula is C14H13Cl2FN2. The number of hydrogen-bond donors (Lipinski definition) is 2. The van der Waals surface area contributed by atoms with Crippen molar-refractivity contribution in [3.8, 4) is 0 Å². The summed E-state index contributed by atoms with van der Waals surface area (Å²) in [4.78, 5) is 0. The molecule has 0 heterocycles. The zero-order valence-corrected chi connectivity index (χ0v) is 11.5. The molecule has 0 bridgehead atoms. The molecule has 0 saturated carbocycles. The van der Waals surface area contributed by atoms with Gasteiger partial charge < -0.3 is 11.1 Å². The van der Waals surface area contributed by atoms with Gasteiger partial charge in [-0.15, -0.1) is 0 Å². The molecule has 100 valence electrons. The minimum absolute atomic E-state index is 0.0869. The van der Waals surface area contributed by atoms with Gasteiger partial charge in [0.1, 0.15) is 5.82 Å². The Hall–Kier alpha value is -1.29. The van der Waals surface area contributed by atoms with Crippen LogP contribution in [0, 0.1) is 5.82 Å². The zero-order chi connectivity index (χ0) is 13.8. The van der Waals surface area contributed by atoms with E-state index in [9.17, 15) is 4.39 Å². The maximum absolute atomic E-state index is 14.0. The molecule has 1 unspecified atom stereocenters. The first-order valence-corrected chi connectivity index (χ1v) is 6.53. The molecule has 0 radical (unpaired) electrons. The van der Waals surface area contributed by atoms with E-state index < -0.39 is 5.82 Å². The van der Waals surface area contributed by atoms with Crippen molar-refractivity contribution in [1.29, 1.82) is 0 Å². The summed E-state index contributed by atoms with van der Waals surface area (Å²) in [5.41, 5.74) is 6.92. The Bertz CT molecular complexity index is 575. The number of nitrogens with two attached hydrogens (primary N) is 1. The monoisotopic (exact) mass is 298 g/mol. The molecule has 2 aromatic rings. The third-order valence-corrected chi connectivity index (χ3v) is 3.29. The summed E-state index contributed by atoms with van der Waals surface area (Å²) >= 11 is 11.7. The van der Waals surface area contributed by atoms with Crippen molar-refractivity contribution in [3.05, 3.63) is 63.9 Å². The Labute approximate surface area is 121 Å². The van der Waals surface area contributed by atoms with Crippen molar-refractivity contribution >= 4 is 28.9 Å². The lowest BCUT2D eigenvalue weighted by Crippen LogP contribution is -2.21. The fourth-order valence-electron chi connectivity index (χ4n) is 1.83. The van der Waals surface area contributed by atoms with Crippen molar-refractivity contribution in [2.75, 3.05) is 11.9 Å². The topological polar surface area (TPSA) is 38.0 Å². The third kappa shape index (κ3) is 3.38. The molecule has 2 aromatic carbocycles. The lowest BCUT2D eigenvalue weighted by Gasteiger charge is -2.19. The van der Waals surface area contributed by atoms with Crippen LogP contribution in [0.5, 0.6) is 0 Å². The highest BCUT2D eigenvalue weighted by Crippen LogP contribution is 2.26. The standard InChI is InChI=1S/C14H13Cl2FN2/c15-9-3-1-4-10(7-9)19-13(8-18)11-5-2-6-12(16)14(11)17/h1-7,13,19H,8,18H2. The van der Waals surface area contributed by atoms with Gasteiger partial charge in [0.15, 0.2) is 0 Å². The van der Waals surface area contributed by atoms with Gasteiger partial charge in [-0.1, -0.05) is 41.4 Å². The number of anilines is 1. The number of benzene rings is 2. The highest BCUT2D eigenvalue weighted by atomic mass is 35.5. The predicted molar refractivity (Wildman–Crippen MR) is 78.3 cm³/mol. The fraction of sp³-hybridized carbons (Fsp3) is 0.143. The van der Waals surface area contributed by atoms with Crippen LogP contribution >= 0.6 is 23.2 Å². The third-order valence-electron chi connectivity index (χ3n) is 2.76. The van der Waals surface area contributed by atoms with Gasteiger partial charge in [0.25, 0.3) is 0 Å². The summed E-state index contributed by atoms with van der Waals surface area (Å²) in [6.45, 7) is 0.240. The van der Waals surface area contributed by atoms with Gasteiger partial charge in [-0.05, 0) is 24.3 Å². The molecule has 0 saturated heterocycles. The molecule has 1 atom stereocenters. The summed E-state index contributed by atoms with van der Waals surface area (Å²) < 4.78 is 14.0. The smallest absolute Gasteiger partial charge is 0.147 e. The summed E-state index contributed by atoms with van der Waals surface area (Å²) in [5.74, 6) is -0.450. The van der Waals surface area contributed by atoms with Gasteiger partial charge in [-0.25, -0.2) is 4.39 Å². The first-order chi connectivity index (χ1) is 9.11. The van der Waals surface area contributed by atoms with Crippen LogP contribution in [0.4, 0.5) is 10.1 Å². The molecule has 0 aliphatic rings. The Balaban J connectivity index is 2.28. The molecule has 2 nitrogen and oxygen atoms in total. The highest BCUT2D eigenvalue weighted by Gasteiger charge is 2.16. The second-order valence-electron chi connectivity index (χ2n) is 4.09. The molecule has 0 aliphatic carbocycles. The molecule has 0 aromatic heterocycles. The van der Waals surface area contributed by atoms with Crippen molar-refractivity contribution in [3.63, 3.8) is 0 Å². The van der Waals surface area contributed by atoms with E-state index in [0.29, 0.717) is 10.6 Å². The minimum atomic E-state index is -0.450. The van der Waals surface area contributed by atoms with Crippen LogP contribution in [-0.4, -0.2) is 6.54 Å². The minimum Gasteiger partial charge on any atom is -0.377 e. The highest BCUT2D eigenvalue weighted by molar-refractivity contribution is 6.31. The number of nitrogens with one attached hydrogen (secondary N) is 1. The van der Waals surface area contributed by atoms with Crippen molar-refractivity contribution in [2.24, 2.45) is 5.73 Å². The first kappa shape index (κ1) is 14.1. The van der Waals surface area contributed by atoms with Crippen LogP contribution in [0.15, 0.2) is 42.5 Å². The largest absolute Gasteiger partial charge is 0.377 e. The van der Waals surface area contributed by atoms with Gasteiger partial charge >= 0.3 is 0 Å². The van der Waals surface area contributed by atoms with Crippen molar-refractivity contribution in [2.45, 2.75) is 6.04 Å². The predicted octanol–water partition coefficient (Wildman–Crippen LogP) is 4.24. The van der Waals surface area contributed by atoms with Crippen LogP contribution in [0.1, 0.15) is 11.6 Å². The second kappa shape index (κ2) is 6.24. The average molecular weight is 299 g/mol. The van der Waals surface area contributed by atoms with E-state index in [1.54, 1.807) is 24.3 Å². The molecule has 0 aliphatic heterocycles. The Morgan fingerprint density at radius 2 is 1.89 bits per heavy atom. The maximum atomic E-state index is 14.0. The van der Waals surface area contributed by atoms with Crippen LogP contribution in [0.25, 0.3) is 0 Å². The summed E-state index contributed by atoms with van der Waals surface area (Å²) in [5, 5.41) is 3.84. The van der Waals surface area contributed by atoms with Gasteiger partial charge in [0.05, 0.1) is 11.1 Å². The summed E-state index contributed by atoms with van der Waals surface area (Å²) in [6.07, 6.45) is 0. The van der Waals surface area contributed by atoms with Crippen LogP contribution < -0.4 is 11.1 Å². The SMILES string of the molecule is NCC(Nc1cccc(Cl)c1)c1cccc(Cl)c1F. The number of hydrogen-bond acceptors (Lipinski definition) is 2. The number of halogens is 3. The zero-order valence-electron chi connectivity index (χ0n) is 10.0. The molecule has 5 heteroatoms. The van der Waals surface area contributed by atoms with Crippen molar-refractivity contribution in [1.82, 2.24) is 0 Å². The molecule has 2 rings (SSSR count). The molecule has 19 heavy (non-hydrogen) atoms. The van der Waals surface area contributed by atoms with E-state index in [2.05, 4.69) is 5.32 Å². The van der Waals surface area contributed by atoms with Crippen LogP contribution in [0.2, 0.25) is 10.0 Å². The van der Waals surface area contributed by atoms with Crippen LogP contribution in [0.3, 0.4) is 0 Å². The van der Waals surface area contributed by atoms with Gasteiger partial charge in [0.2, 0.25) is 0 Å². The maximum Gasteiger partial charge on any atom is 0.147 e. The second-order valence-corrected chi connectivity index (χ2v) is 4.93. The van der Waals surface area contributed by atoms with E-state index in [1.165, 1.54) is 6.07 Å². The Morgan fingerprint density at radius 1 is 1.16 bits per heavy atom. The molecular weight excluding hydrogens is 286 g/mol. The molecule has 0 amide bonds. The van der Waals surface area contributed by atoms with E-state index >= 15 is 0 Å². The van der Waals surface area contributed by atoms with E-state index in [0.717, 1.165) is 5.69 Å². The summed E-state index contributed by atoms with van der Waals surface area (Å²) in [7, 11) is 0. The Kier molecular flexibility index (Phi) is 4.64. The summed E-state index contributed by atoms with van der Waals surface area (Å²) in [6, 6.07) is 11.7. The van der Waals surface area contributed by atoms with Gasteiger partial charge in [0, 0.05) is 22.8 Å². The number of rotatable bonds is 4.